The third kappa shape index (κ3) is 2.32. The predicted molar refractivity (Wildman–Crippen MR) is 79.7 cm³/mol. The minimum Gasteiger partial charge on any atom is -0.496 e. The maximum absolute atomic E-state index is 5.94. The highest BCUT2D eigenvalue weighted by molar-refractivity contribution is 7.15. The van der Waals surface area contributed by atoms with Crippen LogP contribution in [0, 0.1) is 0 Å². The summed E-state index contributed by atoms with van der Waals surface area (Å²) < 4.78 is 5.45. The zero-order valence-corrected chi connectivity index (χ0v) is 11.9. The van der Waals surface area contributed by atoms with Gasteiger partial charge in [-0.15, -0.1) is 11.3 Å². The van der Waals surface area contributed by atoms with E-state index in [1.807, 2.05) is 18.2 Å². The lowest BCUT2D eigenvalue weighted by molar-refractivity contribution is 0.416. The number of para-hydroxylation sites is 1. The number of nitrogens with zero attached hydrogens (tertiary/aromatic N) is 1. The summed E-state index contributed by atoms with van der Waals surface area (Å²) in [5.74, 6) is 1.49. The fourth-order valence-electron chi connectivity index (χ4n) is 2.85. The van der Waals surface area contributed by atoms with Crippen LogP contribution in [0.5, 0.6) is 5.75 Å². The standard InChI is InChI=1S/C15H18N2OS/c1-18-12-9-5-4-8-11(12)13-14(19-15(16)17-13)10-6-2-3-7-10/h4-5,8-10H,2-3,6-7H2,1H3,(H2,16,17). The van der Waals surface area contributed by atoms with Gasteiger partial charge in [-0.1, -0.05) is 25.0 Å². The lowest BCUT2D eigenvalue weighted by Gasteiger charge is -2.11. The van der Waals surface area contributed by atoms with Crippen molar-refractivity contribution in [1.82, 2.24) is 4.98 Å². The zero-order chi connectivity index (χ0) is 13.2. The minimum absolute atomic E-state index is 0.620. The van der Waals surface area contributed by atoms with E-state index in [1.165, 1.54) is 30.6 Å². The van der Waals surface area contributed by atoms with Crippen LogP contribution in [0.15, 0.2) is 24.3 Å². The second kappa shape index (κ2) is 5.21. The van der Waals surface area contributed by atoms with Gasteiger partial charge in [0.05, 0.1) is 12.8 Å². The molecule has 100 valence electrons. The average Bonchev–Trinajstić information content (AvgIpc) is 3.07. The van der Waals surface area contributed by atoms with Gasteiger partial charge in [-0.25, -0.2) is 4.98 Å². The molecule has 1 aliphatic carbocycles. The quantitative estimate of drug-likeness (QED) is 0.918. The van der Waals surface area contributed by atoms with Gasteiger partial charge in [-0.3, -0.25) is 0 Å². The van der Waals surface area contributed by atoms with Crippen molar-refractivity contribution < 1.29 is 4.74 Å². The summed E-state index contributed by atoms with van der Waals surface area (Å²) in [5, 5.41) is 0.655. The van der Waals surface area contributed by atoms with E-state index in [9.17, 15) is 0 Å². The molecule has 1 aliphatic rings. The number of benzene rings is 1. The van der Waals surface area contributed by atoms with E-state index in [2.05, 4.69) is 11.1 Å². The Labute approximate surface area is 117 Å². The van der Waals surface area contributed by atoms with Crippen LogP contribution < -0.4 is 10.5 Å². The highest BCUT2D eigenvalue weighted by Gasteiger charge is 2.25. The fourth-order valence-corrected chi connectivity index (χ4v) is 3.86. The highest BCUT2D eigenvalue weighted by atomic mass is 32.1. The topological polar surface area (TPSA) is 48.1 Å². The van der Waals surface area contributed by atoms with E-state index in [-0.39, 0.29) is 0 Å². The van der Waals surface area contributed by atoms with Crippen LogP contribution in [0.2, 0.25) is 0 Å². The number of methoxy groups -OCH3 is 1. The predicted octanol–water partition coefficient (Wildman–Crippen LogP) is 4.06. The summed E-state index contributed by atoms with van der Waals surface area (Å²) in [6, 6.07) is 8.04. The molecule has 1 aromatic heterocycles. The van der Waals surface area contributed by atoms with E-state index in [4.69, 9.17) is 10.5 Å². The van der Waals surface area contributed by atoms with Crippen molar-refractivity contribution >= 4 is 16.5 Å². The molecule has 0 radical (unpaired) electrons. The molecule has 0 unspecified atom stereocenters. The van der Waals surface area contributed by atoms with E-state index < -0.39 is 0 Å². The van der Waals surface area contributed by atoms with Gasteiger partial charge in [0.15, 0.2) is 5.13 Å². The Morgan fingerprint density at radius 3 is 2.74 bits per heavy atom. The number of thiazole rings is 1. The maximum Gasteiger partial charge on any atom is 0.180 e. The number of aromatic nitrogens is 1. The molecule has 0 atom stereocenters. The third-order valence-electron chi connectivity index (χ3n) is 3.76. The second-order valence-corrected chi connectivity index (χ2v) is 6.01. The normalized spacial score (nSPS) is 15.8. The minimum atomic E-state index is 0.620. The zero-order valence-electron chi connectivity index (χ0n) is 11.1. The van der Waals surface area contributed by atoms with Crippen molar-refractivity contribution in [1.29, 1.82) is 0 Å². The SMILES string of the molecule is COc1ccccc1-c1nc(N)sc1C1CCCC1. The summed E-state index contributed by atoms with van der Waals surface area (Å²) >= 11 is 1.64. The first-order valence-electron chi connectivity index (χ1n) is 6.69. The number of hydrogen-bond acceptors (Lipinski definition) is 4. The summed E-state index contributed by atoms with van der Waals surface area (Å²) in [7, 11) is 1.70. The lowest BCUT2D eigenvalue weighted by atomic mass is 10.0. The smallest absolute Gasteiger partial charge is 0.180 e. The first-order chi connectivity index (χ1) is 9.29. The van der Waals surface area contributed by atoms with Crippen molar-refractivity contribution in [3.63, 3.8) is 0 Å². The Hall–Kier alpha value is -1.55. The summed E-state index contributed by atoms with van der Waals surface area (Å²) in [4.78, 5) is 5.88. The first kappa shape index (κ1) is 12.5. The molecule has 0 aliphatic heterocycles. The van der Waals surface area contributed by atoms with Gasteiger partial charge in [-0.05, 0) is 30.9 Å². The summed E-state index contributed by atoms with van der Waals surface area (Å²) in [5.41, 5.74) is 8.02. The summed E-state index contributed by atoms with van der Waals surface area (Å²) in [6.07, 6.45) is 5.13. The van der Waals surface area contributed by atoms with Crippen LogP contribution in [0.3, 0.4) is 0 Å². The van der Waals surface area contributed by atoms with E-state index in [0.717, 1.165) is 17.0 Å². The monoisotopic (exact) mass is 274 g/mol. The van der Waals surface area contributed by atoms with Crippen molar-refractivity contribution in [2.24, 2.45) is 0 Å². The van der Waals surface area contributed by atoms with Gasteiger partial charge in [0, 0.05) is 10.4 Å². The number of rotatable bonds is 3. The van der Waals surface area contributed by atoms with Gasteiger partial charge in [0.1, 0.15) is 5.75 Å². The van der Waals surface area contributed by atoms with Crippen LogP contribution in [-0.4, -0.2) is 12.1 Å². The molecular formula is C15H18N2OS. The Kier molecular flexibility index (Phi) is 3.42. The number of ether oxygens (including phenoxy) is 1. The van der Waals surface area contributed by atoms with E-state index in [1.54, 1.807) is 18.4 Å². The Balaban J connectivity index is 2.08. The average molecular weight is 274 g/mol. The van der Waals surface area contributed by atoms with Crippen molar-refractivity contribution in [3.05, 3.63) is 29.1 Å². The largest absolute Gasteiger partial charge is 0.496 e. The van der Waals surface area contributed by atoms with Crippen LogP contribution >= 0.6 is 11.3 Å². The molecular weight excluding hydrogens is 256 g/mol. The molecule has 0 amide bonds. The molecule has 0 spiro atoms. The van der Waals surface area contributed by atoms with Crippen molar-refractivity contribution in [2.45, 2.75) is 31.6 Å². The molecule has 3 rings (SSSR count). The number of nitrogens with two attached hydrogens (primary N) is 1. The Morgan fingerprint density at radius 1 is 1.26 bits per heavy atom. The van der Waals surface area contributed by atoms with Crippen LogP contribution in [0.1, 0.15) is 36.5 Å². The first-order valence-corrected chi connectivity index (χ1v) is 7.51. The lowest BCUT2D eigenvalue weighted by Crippen LogP contribution is -1.94. The number of nitrogen functional groups attached to an aromatic ring is 1. The molecule has 0 saturated heterocycles. The summed E-state index contributed by atoms with van der Waals surface area (Å²) in [6.45, 7) is 0. The molecule has 2 aromatic rings. The molecule has 1 heterocycles. The number of hydrogen-bond donors (Lipinski definition) is 1. The highest BCUT2D eigenvalue weighted by Crippen LogP contribution is 2.44. The Morgan fingerprint density at radius 2 is 2.00 bits per heavy atom. The maximum atomic E-state index is 5.94. The van der Waals surface area contributed by atoms with Crippen LogP contribution in [0.4, 0.5) is 5.13 Å². The van der Waals surface area contributed by atoms with Gasteiger partial charge in [0.2, 0.25) is 0 Å². The molecule has 1 aromatic carbocycles. The molecule has 4 heteroatoms. The molecule has 0 bridgehead atoms. The third-order valence-corrected chi connectivity index (χ3v) is 4.80. The van der Waals surface area contributed by atoms with Gasteiger partial charge < -0.3 is 10.5 Å². The number of anilines is 1. The Bertz CT molecular complexity index is 573. The van der Waals surface area contributed by atoms with Crippen LogP contribution in [0.25, 0.3) is 11.3 Å². The van der Waals surface area contributed by atoms with E-state index in [0.29, 0.717) is 11.0 Å². The van der Waals surface area contributed by atoms with Crippen molar-refractivity contribution in [2.75, 3.05) is 12.8 Å². The molecule has 3 nitrogen and oxygen atoms in total. The molecule has 1 saturated carbocycles. The van der Waals surface area contributed by atoms with Crippen LogP contribution in [-0.2, 0) is 0 Å². The van der Waals surface area contributed by atoms with Gasteiger partial charge in [-0.2, -0.15) is 0 Å². The van der Waals surface area contributed by atoms with Crippen molar-refractivity contribution in [3.8, 4) is 17.0 Å². The van der Waals surface area contributed by atoms with E-state index >= 15 is 0 Å². The van der Waals surface area contributed by atoms with Gasteiger partial charge in [0.25, 0.3) is 0 Å². The fraction of sp³-hybridized carbons (Fsp3) is 0.400. The second-order valence-electron chi connectivity index (χ2n) is 4.95. The van der Waals surface area contributed by atoms with Gasteiger partial charge >= 0.3 is 0 Å². The molecule has 1 fully saturated rings. The molecule has 19 heavy (non-hydrogen) atoms. The molecule has 2 N–H and O–H groups in total.